The van der Waals surface area contributed by atoms with Gasteiger partial charge in [0.1, 0.15) is 0 Å². The molecule has 86 valence electrons. The molecule has 2 rings (SSSR count). The average molecular weight is 220 g/mol. The van der Waals surface area contributed by atoms with Gasteiger partial charge in [0.2, 0.25) is 5.89 Å². The van der Waals surface area contributed by atoms with Gasteiger partial charge in [-0.3, -0.25) is 0 Å². The van der Waals surface area contributed by atoms with E-state index in [1.807, 2.05) is 0 Å². The van der Waals surface area contributed by atoms with Gasteiger partial charge in [-0.2, -0.15) is 4.98 Å². The van der Waals surface area contributed by atoms with Crippen LogP contribution in [0.25, 0.3) is 0 Å². The van der Waals surface area contributed by atoms with Gasteiger partial charge in [-0.1, -0.05) is 5.16 Å². The maximum Gasteiger partial charge on any atom is 0.228 e. The Hall–Kier alpha value is -1.62. The summed E-state index contributed by atoms with van der Waals surface area (Å²) in [5.41, 5.74) is 7.90. The minimum atomic E-state index is 0.324. The van der Waals surface area contributed by atoms with Crippen LogP contribution in [0.4, 0.5) is 0 Å². The largest absolute Gasteiger partial charge is 0.349 e. The highest BCUT2D eigenvalue weighted by molar-refractivity contribution is 5.13. The van der Waals surface area contributed by atoms with Crippen LogP contribution in [-0.4, -0.2) is 14.7 Å². The number of rotatable bonds is 4. The second-order valence-electron chi connectivity index (χ2n) is 3.83. The summed E-state index contributed by atoms with van der Waals surface area (Å²) in [6.07, 6.45) is 0.739. The average Bonchev–Trinajstić information content (AvgIpc) is 2.85. The number of hydrogen-bond donors (Lipinski definition) is 1. The lowest BCUT2D eigenvalue weighted by Crippen LogP contribution is -2.05. The van der Waals surface area contributed by atoms with E-state index in [1.54, 1.807) is 0 Å². The first-order valence-corrected chi connectivity index (χ1v) is 5.35. The lowest BCUT2D eigenvalue weighted by molar-refractivity contribution is 0.366. The Kier molecular flexibility index (Phi) is 3.05. The third kappa shape index (κ3) is 2.14. The summed E-state index contributed by atoms with van der Waals surface area (Å²) in [6, 6.07) is 4.21. The van der Waals surface area contributed by atoms with Gasteiger partial charge in [0.15, 0.2) is 5.82 Å². The molecule has 2 N–H and O–H groups in total. The number of hydrogen-bond acceptors (Lipinski definition) is 4. The molecular weight excluding hydrogens is 204 g/mol. The summed E-state index contributed by atoms with van der Waals surface area (Å²) in [5.74, 6) is 1.21. The summed E-state index contributed by atoms with van der Waals surface area (Å²) in [6.45, 7) is 5.36. The highest BCUT2D eigenvalue weighted by atomic mass is 16.5. The lowest BCUT2D eigenvalue weighted by atomic mass is 10.4. The first-order valence-electron chi connectivity index (χ1n) is 5.35. The Bertz CT molecular complexity index is 453. The molecule has 0 bridgehead atoms. The Labute approximate surface area is 94.3 Å². The molecule has 16 heavy (non-hydrogen) atoms. The summed E-state index contributed by atoms with van der Waals surface area (Å²) in [7, 11) is 0. The molecule has 0 unspecified atom stereocenters. The Morgan fingerprint density at radius 1 is 1.31 bits per heavy atom. The molecule has 0 aliphatic rings. The molecule has 2 heterocycles. The third-order valence-electron chi connectivity index (χ3n) is 2.66. The predicted octanol–water partition coefficient (Wildman–Crippen LogP) is 1.19. The highest BCUT2D eigenvalue weighted by Crippen LogP contribution is 2.08. The molecule has 0 spiro atoms. The first-order chi connectivity index (χ1) is 7.70. The molecule has 0 fully saturated rings. The predicted molar refractivity (Wildman–Crippen MR) is 59.8 cm³/mol. The molecule has 5 heteroatoms. The van der Waals surface area contributed by atoms with E-state index in [9.17, 15) is 0 Å². The van der Waals surface area contributed by atoms with Crippen LogP contribution in [0.1, 0.15) is 23.1 Å². The molecule has 0 saturated carbocycles. The van der Waals surface area contributed by atoms with Crippen molar-refractivity contribution in [3.63, 3.8) is 0 Å². The zero-order valence-electron chi connectivity index (χ0n) is 9.60. The zero-order chi connectivity index (χ0) is 11.5. The number of nitrogens with two attached hydrogens (primary N) is 1. The van der Waals surface area contributed by atoms with Crippen molar-refractivity contribution in [3.05, 3.63) is 35.2 Å². The third-order valence-corrected chi connectivity index (χ3v) is 2.66. The van der Waals surface area contributed by atoms with E-state index in [0.717, 1.165) is 13.0 Å². The molecule has 0 aliphatic carbocycles. The summed E-state index contributed by atoms with van der Waals surface area (Å²) < 4.78 is 7.31. The monoisotopic (exact) mass is 220 g/mol. The van der Waals surface area contributed by atoms with Gasteiger partial charge < -0.3 is 14.8 Å². The van der Waals surface area contributed by atoms with Crippen LogP contribution >= 0.6 is 0 Å². The van der Waals surface area contributed by atoms with Gasteiger partial charge in [0.05, 0.1) is 6.54 Å². The topological polar surface area (TPSA) is 69.9 Å². The van der Waals surface area contributed by atoms with Gasteiger partial charge in [-0.05, 0) is 26.0 Å². The van der Waals surface area contributed by atoms with Crippen molar-refractivity contribution in [1.29, 1.82) is 0 Å². The van der Waals surface area contributed by atoms with E-state index in [0.29, 0.717) is 18.3 Å². The van der Waals surface area contributed by atoms with Gasteiger partial charge in [-0.25, -0.2) is 0 Å². The van der Waals surface area contributed by atoms with Crippen molar-refractivity contribution in [2.24, 2.45) is 5.73 Å². The molecule has 2 aromatic heterocycles. The Balaban J connectivity index is 2.02. The molecular formula is C11H16N4O. The fraction of sp³-hybridized carbons (Fsp3) is 0.455. The van der Waals surface area contributed by atoms with Crippen molar-refractivity contribution in [1.82, 2.24) is 14.7 Å². The summed E-state index contributed by atoms with van der Waals surface area (Å²) in [5, 5.41) is 3.76. The molecule has 0 atom stereocenters. The number of aryl methyl sites for hydroxylation is 3. The van der Waals surface area contributed by atoms with Gasteiger partial charge in [-0.15, -0.1) is 0 Å². The van der Waals surface area contributed by atoms with Crippen LogP contribution < -0.4 is 5.73 Å². The standard InChI is InChI=1S/C11H16N4O/c1-8-3-4-9(2)15(8)6-5-11-13-10(7-12)14-16-11/h3-4H,5-7,12H2,1-2H3. The van der Waals surface area contributed by atoms with E-state index < -0.39 is 0 Å². The SMILES string of the molecule is Cc1ccc(C)n1CCc1nc(CN)no1. The first kappa shape index (κ1) is 10.9. The van der Waals surface area contributed by atoms with E-state index in [-0.39, 0.29) is 0 Å². The van der Waals surface area contributed by atoms with Crippen LogP contribution in [0.5, 0.6) is 0 Å². The quantitative estimate of drug-likeness (QED) is 0.840. The van der Waals surface area contributed by atoms with Crippen LogP contribution in [0.3, 0.4) is 0 Å². The van der Waals surface area contributed by atoms with E-state index in [2.05, 4.69) is 40.7 Å². The summed E-state index contributed by atoms with van der Waals surface area (Å²) in [4.78, 5) is 4.17. The van der Waals surface area contributed by atoms with E-state index >= 15 is 0 Å². The fourth-order valence-corrected chi connectivity index (χ4v) is 1.73. The normalized spacial score (nSPS) is 10.9. The highest BCUT2D eigenvalue weighted by Gasteiger charge is 2.06. The van der Waals surface area contributed by atoms with Crippen molar-refractivity contribution < 1.29 is 4.52 Å². The van der Waals surface area contributed by atoms with Crippen molar-refractivity contribution in [3.8, 4) is 0 Å². The minimum Gasteiger partial charge on any atom is -0.349 e. The Morgan fingerprint density at radius 2 is 2.00 bits per heavy atom. The van der Waals surface area contributed by atoms with Crippen molar-refractivity contribution in [2.45, 2.75) is 33.4 Å². The minimum absolute atomic E-state index is 0.324. The van der Waals surface area contributed by atoms with Crippen LogP contribution in [0, 0.1) is 13.8 Å². The van der Waals surface area contributed by atoms with Crippen molar-refractivity contribution >= 4 is 0 Å². The molecule has 0 saturated heterocycles. The molecule has 0 aromatic carbocycles. The van der Waals surface area contributed by atoms with Gasteiger partial charge in [0, 0.05) is 24.4 Å². The second-order valence-corrected chi connectivity index (χ2v) is 3.83. The molecule has 0 radical (unpaired) electrons. The van der Waals surface area contributed by atoms with Crippen LogP contribution in [0.15, 0.2) is 16.7 Å². The maximum atomic E-state index is 5.41. The second kappa shape index (κ2) is 4.49. The fourth-order valence-electron chi connectivity index (χ4n) is 1.73. The number of nitrogens with zero attached hydrogens (tertiary/aromatic N) is 3. The molecule has 0 aliphatic heterocycles. The van der Waals surface area contributed by atoms with Gasteiger partial charge >= 0.3 is 0 Å². The van der Waals surface area contributed by atoms with Gasteiger partial charge in [0.25, 0.3) is 0 Å². The zero-order valence-corrected chi connectivity index (χ0v) is 9.60. The van der Waals surface area contributed by atoms with E-state index in [1.165, 1.54) is 11.4 Å². The number of aromatic nitrogens is 3. The van der Waals surface area contributed by atoms with E-state index in [4.69, 9.17) is 10.3 Å². The molecule has 5 nitrogen and oxygen atoms in total. The smallest absolute Gasteiger partial charge is 0.228 e. The van der Waals surface area contributed by atoms with Crippen molar-refractivity contribution in [2.75, 3.05) is 0 Å². The van der Waals surface area contributed by atoms with Crippen LogP contribution in [-0.2, 0) is 19.5 Å². The van der Waals surface area contributed by atoms with Crippen LogP contribution in [0.2, 0.25) is 0 Å². The molecule has 0 amide bonds. The summed E-state index contributed by atoms with van der Waals surface area (Å²) >= 11 is 0. The lowest BCUT2D eigenvalue weighted by Gasteiger charge is -2.06. The molecule has 2 aromatic rings. The maximum absolute atomic E-state index is 5.41. The Morgan fingerprint density at radius 3 is 2.56 bits per heavy atom.